The quantitative estimate of drug-likeness (QED) is 0.525. The number of aliphatic hydroxyl groups is 2. The van der Waals surface area contributed by atoms with E-state index in [1.807, 2.05) is 0 Å². The molecule has 32 unspecified atom stereocenters. The summed E-state index contributed by atoms with van der Waals surface area (Å²) in [6.45, 7) is 0. The normalized spacial score (nSPS) is 97.5. The summed E-state index contributed by atoms with van der Waals surface area (Å²) in [7, 11) is 0. The van der Waals surface area contributed by atoms with Gasteiger partial charge in [0, 0.05) is 0 Å². The molecule has 0 aromatic rings. The smallest absolute Gasteiger partial charge is 0.0576 e. The molecule has 0 amide bonds. The molecule has 2 heteroatoms. The van der Waals surface area contributed by atoms with Gasteiger partial charge in [0.15, 0.2) is 0 Å². The summed E-state index contributed by atoms with van der Waals surface area (Å²) in [6, 6.07) is 0. The Morgan fingerprint density at radius 1 is 0.222 bits per heavy atom. The molecule has 0 radical (unpaired) electrons. The molecule has 36 heavy (non-hydrogen) atoms. The minimum atomic E-state index is 0.111. The Balaban J connectivity index is 0.692. The molecule has 0 saturated heterocycles. The van der Waals surface area contributed by atoms with Gasteiger partial charge >= 0.3 is 0 Å². The second kappa shape index (κ2) is 4.19. The first-order valence-corrected chi connectivity index (χ1v) is 17.1. The van der Waals surface area contributed by atoms with Crippen molar-refractivity contribution in [1.82, 2.24) is 0 Å². The number of hydrogen-bond acceptors (Lipinski definition) is 2. The van der Waals surface area contributed by atoms with Gasteiger partial charge in [-0.2, -0.15) is 0 Å². The highest BCUT2D eigenvalue weighted by Crippen LogP contribution is 3.00. The first kappa shape index (κ1) is 16.9. The van der Waals surface area contributed by atoms with Gasteiger partial charge in [-0.3, -0.25) is 0 Å². The van der Waals surface area contributed by atoms with E-state index in [1.54, 1.807) is 0 Å². The van der Waals surface area contributed by atoms with E-state index < -0.39 is 0 Å². The van der Waals surface area contributed by atoms with Crippen molar-refractivity contribution in [1.29, 1.82) is 0 Å². The van der Waals surface area contributed by atoms with E-state index in [4.69, 9.17) is 0 Å². The molecule has 16 aliphatic rings. The van der Waals surface area contributed by atoms with E-state index in [0.717, 1.165) is 59.2 Å². The fourth-order valence-corrected chi connectivity index (χ4v) is 21.4. The van der Waals surface area contributed by atoms with E-state index in [9.17, 15) is 10.2 Å². The van der Waals surface area contributed by atoms with Crippen LogP contribution in [0.2, 0.25) is 0 Å². The number of fused-ring (bicyclic) bond motifs is 43. The predicted octanol–water partition coefficient (Wildman–Crippen LogP) is 3.19. The average Bonchev–Trinajstić information content (AvgIpc) is 2.79. The molecule has 0 bridgehead atoms. The Labute approximate surface area is 212 Å². The highest BCUT2D eigenvalue weighted by Gasteiger charge is 2.97. The molecule has 0 heterocycles. The van der Waals surface area contributed by atoms with Gasteiger partial charge in [0.1, 0.15) is 0 Å². The lowest BCUT2D eigenvalue weighted by molar-refractivity contribution is -0.536. The van der Waals surface area contributed by atoms with Crippen LogP contribution >= 0.6 is 0 Å². The third-order valence-corrected chi connectivity index (χ3v) is 21.2. The zero-order valence-corrected chi connectivity index (χ0v) is 20.8. The molecule has 0 aromatic heterocycles. The highest BCUT2D eigenvalue weighted by atomic mass is 16.3. The van der Waals surface area contributed by atoms with Crippen LogP contribution in [-0.4, -0.2) is 22.4 Å². The molecule has 16 aliphatic carbocycles. The Bertz CT molecular complexity index is 1210. The zero-order chi connectivity index (χ0) is 21.9. The molecule has 0 aromatic carbocycles. The summed E-state index contributed by atoms with van der Waals surface area (Å²) in [4.78, 5) is 0. The SMILES string of the molecule is OC1CC2C1C1C2C2C1C1C2C2C1C1C2C2C1C1C3C4C5C6C7C8C9CC(O)C9C8C7C6C5C4C3C21. The third kappa shape index (κ3) is 1.04. The average molecular weight is 479 g/mol. The van der Waals surface area contributed by atoms with Gasteiger partial charge in [-0.15, -0.1) is 0 Å². The van der Waals surface area contributed by atoms with Crippen molar-refractivity contribution in [2.45, 2.75) is 25.0 Å². The van der Waals surface area contributed by atoms with Crippen LogP contribution in [0.4, 0.5) is 0 Å². The van der Waals surface area contributed by atoms with E-state index in [-0.39, 0.29) is 12.2 Å². The number of rotatable bonds is 0. The van der Waals surface area contributed by atoms with Gasteiger partial charge in [-0.25, -0.2) is 0 Å². The molecule has 16 fully saturated rings. The fraction of sp³-hybridized carbons (Fsp3) is 1.00. The van der Waals surface area contributed by atoms with Crippen molar-refractivity contribution in [3.63, 3.8) is 0 Å². The molecular formula is C34H38O2. The zero-order valence-electron chi connectivity index (χ0n) is 20.8. The maximum atomic E-state index is 10.3. The molecule has 0 spiro atoms. The van der Waals surface area contributed by atoms with E-state index >= 15 is 0 Å². The fourth-order valence-electron chi connectivity index (χ4n) is 21.4. The minimum absolute atomic E-state index is 0.111. The number of aliphatic hydroxyl groups excluding tert-OH is 2. The van der Waals surface area contributed by atoms with Gasteiger partial charge in [0.05, 0.1) is 12.2 Å². The van der Waals surface area contributed by atoms with Gasteiger partial charge in [-0.05, 0) is 190 Å². The second-order valence-corrected chi connectivity index (χ2v) is 19.1. The topological polar surface area (TPSA) is 40.5 Å². The first-order valence-electron chi connectivity index (χ1n) is 17.1. The van der Waals surface area contributed by atoms with Gasteiger partial charge in [0.25, 0.3) is 0 Å². The summed E-state index contributed by atoms with van der Waals surface area (Å²) in [6.07, 6.45) is 2.59. The molecule has 186 valence electrons. The summed E-state index contributed by atoms with van der Waals surface area (Å²) in [5.41, 5.74) is 0. The van der Waals surface area contributed by atoms with Gasteiger partial charge in [0.2, 0.25) is 0 Å². The highest BCUT2D eigenvalue weighted by molar-refractivity contribution is 5.43. The molecule has 32 atom stereocenters. The summed E-state index contributed by atoms with van der Waals surface area (Å²) < 4.78 is 0. The molecule has 2 nitrogen and oxygen atoms in total. The van der Waals surface area contributed by atoms with Crippen LogP contribution < -0.4 is 0 Å². The molecule has 16 rings (SSSR count). The first-order chi connectivity index (χ1) is 17.8. The van der Waals surface area contributed by atoms with E-state index in [2.05, 4.69) is 0 Å². The molecule has 16 saturated carbocycles. The van der Waals surface area contributed by atoms with Gasteiger partial charge in [-0.1, -0.05) is 0 Å². The minimum Gasteiger partial charge on any atom is -0.393 e. The lowest BCUT2D eigenvalue weighted by Gasteiger charge is -3.00. The van der Waals surface area contributed by atoms with E-state index in [1.165, 1.54) is 131 Å². The van der Waals surface area contributed by atoms with Crippen LogP contribution in [0, 0.1) is 178 Å². The Morgan fingerprint density at radius 2 is 0.389 bits per heavy atom. The standard InChI is InChI=1S/C34H38O2/c35-5-1-3-7(5)11-9(3)13-15(11)19-17(13)21-23(19)27-25(21)29-31(27)34-30-26-22-18-14-10-4-2-6(36)8(4)12(10)16(14)20(18)24(22)28(26)32(30)33(29)34/h3-36H,1-2H2. The van der Waals surface area contributed by atoms with Crippen molar-refractivity contribution in [2.24, 2.45) is 178 Å². The predicted molar refractivity (Wildman–Crippen MR) is 126 cm³/mol. The Morgan fingerprint density at radius 3 is 0.583 bits per heavy atom. The van der Waals surface area contributed by atoms with Crippen LogP contribution in [0.1, 0.15) is 12.8 Å². The Hall–Kier alpha value is -0.0800. The van der Waals surface area contributed by atoms with E-state index in [0.29, 0.717) is 0 Å². The van der Waals surface area contributed by atoms with Crippen molar-refractivity contribution >= 4 is 0 Å². The summed E-state index contributed by atoms with van der Waals surface area (Å²) >= 11 is 0. The Kier molecular flexibility index (Phi) is 1.97. The maximum absolute atomic E-state index is 10.3. The lowest BCUT2D eigenvalue weighted by atomic mass is 9.04. The summed E-state index contributed by atoms with van der Waals surface area (Å²) in [5.74, 6) is 34.4. The van der Waals surface area contributed by atoms with Crippen molar-refractivity contribution < 1.29 is 10.2 Å². The third-order valence-electron chi connectivity index (χ3n) is 21.2. The largest absolute Gasteiger partial charge is 0.393 e. The van der Waals surface area contributed by atoms with Crippen molar-refractivity contribution in [3.8, 4) is 0 Å². The molecule has 2 N–H and O–H groups in total. The van der Waals surface area contributed by atoms with Crippen molar-refractivity contribution in [3.05, 3.63) is 0 Å². The maximum Gasteiger partial charge on any atom is 0.0576 e. The van der Waals surface area contributed by atoms with Crippen LogP contribution in [0.3, 0.4) is 0 Å². The second-order valence-electron chi connectivity index (χ2n) is 19.1. The molecular weight excluding hydrogens is 440 g/mol. The van der Waals surface area contributed by atoms with Crippen molar-refractivity contribution in [2.75, 3.05) is 0 Å². The van der Waals surface area contributed by atoms with Crippen LogP contribution in [0.5, 0.6) is 0 Å². The lowest BCUT2D eigenvalue weighted by Crippen LogP contribution is -2.97. The van der Waals surface area contributed by atoms with Crippen LogP contribution in [0.15, 0.2) is 0 Å². The molecule has 0 aliphatic heterocycles. The van der Waals surface area contributed by atoms with Gasteiger partial charge < -0.3 is 10.2 Å². The summed E-state index contributed by atoms with van der Waals surface area (Å²) in [5, 5.41) is 20.7. The van der Waals surface area contributed by atoms with Crippen LogP contribution in [-0.2, 0) is 0 Å². The number of hydrogen-bond donors (Lipinski definition) is 2. The monoisotopic (exact) mass is 478 g/mol. The van der Waals surface area contributed by atoms with Crippen LogP contribution in [0.25, 0.3) is 0 Å².